The Morgan fingerprint density at radius 2 is 1.92 bits per heavy atom. The molecular weight excluding hydrogens is 168 g/mol. The van der Waals surface area contributed by atoms with Gasteiger partial charge in [0.15, 0.2) is 0 Å². The van der Waals surface area contributed by atoms with Crippen molar-refractivity contribution in [2.75, 3.05) is 13.1 Å². The molecule has 2 unspecified atom stereocenters. The standard InChI is InChI=1S/C9H20N2O2/c1-6(2)7(3)4-11-5-8(10)9(12)13/h6-8,11H,4-5,10H2,1-3H3,(H,12,13). The van der Waals surface area contributed by atoms with E-state index in [2.05, 4.69) is 26.1 Å². The van der Waals surface area contributed by atoms with Crippen molar-refractivity contribution in [2.24, 2.45) is 17.6 Å². The lowest BCUT2D eigenvalue weighted by Gasteiger charge is -2.16. The van der Waals surface area contributed by atoms with E-state index in [1.807, 2.05) is 0 Å². The third kappa shape index (κ3) is 5.60. The quantitative estimate of drug-likeness (QED) is 0.559. The lowest BCUT2D eigenvalue weighted by Crippen LogP contribution is -2.41. The molecule has 0 spiro atoms. The number of carboxylic acid groups (broad SMARTS) is 1. The Morgan fingerprint density at radius 1 is 1.38 bits per heavy atom. The minimum atomic E-state index is -0.954. The molecule has 0 aromatic rings. The minimum absolute atomic E-state index is 0.340. The zero-order chi connectivity index (χ0) is 10.4. The van der Waals surface area contributed by atoms with Crippen LogP contribution in [0.1, 0.15) is 20.8 Å². The molecule has 0 fully saturated rings. The Labute approximate surface area is 79.5 Å². The van der Waals surface area contributed by atoms with Gasteiger partial charge in [-0.15, -0.1) is 0 Å². The first-order valence-electron chi connectivity index (χ1n) is 4.64. The number of aliphatic carboxylic acids is 1. The van der Waals surface area contributed by atoms with Crippen LogP contribution in [0.5, 0.6) is 0 Å². The van der Waals surface area contributed by atoms with Gasteiger partial charge in [0, 0.05) is 6.54 Å². The molecule has 0 bridgehead atoms. The van der Waals surface area contributed by atoms with Gasteiger partial charge in [0.2, 0.25) is 0 Å². The molecule has 0 saturated heterocycles. The lowest BCUT2D eigenvalue weighted by atomic mass is 9.98. The second-order valence-corrected chi connectivity index (χ2v) is 3.82. The Balaban J connectivity index is 3.50. The first kappa shape index (κ1) is 12.4. The Kier molecular flexibility index (Phi) is 5.66. The molecule has 4 nitrogen and oxygen atoms in total. The molecule has 2 atom stereocenters. The monoisotopic (exact) mass is 188 g/mol. The summed E-state index contributed by atoms with van der Waals surface area (Å²) < 4.78 is 0. The molecule has 0 aliphatic carbocycles. The van der Waals surface area contributed by atoms with E-state index in [9.17, 15) is 4.79 Å². The lowest BCUT2D eigenvalue weighted by molar-refractivity contribution is -0.138. The number of hydrogen-bond acceptors (Lipinski definition) is 3. The number of carboxylic acids is 1. The Bertz CT molecular complexity index is 160. The zero-order valence-electron chi connectivity index (χ0n) is 8.58. The summed E-state index contributed by atoms with van der Waals surface area (Å²) in [6.07, 6.45) is 0. The van der Waals surface area contributed by atoms with E-state index >= 15 is 0 Å². The van der Waals surface area contributed by atoms with Gasteiger partial charge < -0.3 is 16.2 Å². The van der Waals surface area contributed by atoms with Crippen LogP contribution < -0.4 is 11.1 Å². The fourth-order valence-corrected chi connectivity index (χ4v) is 0.790. The van der Waals surface area contributed by atoms with Gasteiger partial charge in [-0.25, -0.2) is 0 Å². The predicted molar refractivity (Wildman–Crippen MR) is 52.5 cm³/mol. The number of nitrogens with two attached hydrogens (primary N) is 1. The van der Waals surface area contributed by atoms with E-state index in [1.54, 1.807) is 0 Å². The van der Waals surface area contributed by atoms with Crippen molar-refractivity contribution in [1.29, 1.82) is 0 Å². The van der Waals surface area contributed by atoms with E-state index in [4.69, 9.17) is 10.8 Å². The summed E-state index contributed by atoms with van der Waals surface area (Å²) in [4.78, 5) is 10.3. The number of carbonyl (C=O) groups is 1. The van der Waals surface area contributed by atoms with Crippen molar-refractivity contribution in [3.63, 3.8) is 0 Å². The molecule has 13 heavy (non-hydrogen) atoms. The third-order valence-electron chi connectivity index (χ3n) is 2.29. The molecule has 0 aliphatic rings. The maximum atomic E-state index is 10.3. The van der Waals surface area contributed by atoms with E-state index in [0.29, 0.717) is 18.4 Å². The fourth-order valence-electron chi connectivity index (χ4n) is 0.790. The first-order valence-corrected chi connectivity index (χ1v) is 4.64. The second-order valence-electron chi connectivity index (χ2n) is 3.82. The van der Waals surface area contributed by atoms with Gasteiger partial charge in [-0.1, -0.05) is 20.8 Å². The van der Waals surface area contributed by atoms with Crippen molar-refractivity contribution >= 4 is 5.97 Å². The molecule has 4 heteroatoms. The van der Waals surface area contributed by atoms with Crippen LogP contribution in [0, 0.1) is 11.8 Å². The largest absolute Gasteiger partial charge is 0.480 e. The minimum Gasteiger partial charge on any atom is -0.480 e. The van der Waals surface area contributed by atoms with E-state index in [0.717, 1.165) is 6.54 Å². The van der Waals surface area contributed by atoms with E-state index in [-0.39, 0.29) is 0 Å². The molecule has 0 aromatic carbocycles. The van der Waals surface area contributed by atoms with Gasteiger partial charge in [-0.3, -0.25) is 4.79 Å². The van der Waals surface area contributed by atoms with Gasteiger partial charge in [0.25, 0.3) is 0 Å². The van der Waals surface area contributed by atoms with Crippen molar-refractivity contribution in [3.05, 3.63) is 0 Å². The van der Waals surface area contributed by atoms with Crippen molar-refractivity contribution in [3.8, 4) is 0 Å². The molecule has 4 N–H and O–H groups in total. The molecule has 0 heterocycles. The highest BCUT2D eigenvalue weighted by Gasteiger charge is 2.12. The topological polar surface area (TPSA) is 75.3 Å². The number of nitrogens with one attached hydrogen (secondary N) is 1. The second kappa shape index (κ2) is 5.94. The third-order valence-corrected chi connectivity index (χ3v) is 2.29. The first-order chi connectivity index (χ1) is 5.95. The van der Waals surface area contributed by atoms with Crippen LogP contribution in [0.3, 0.4) is 0 Å². The van der Waals surface area contributed by atoms with Gasteiger partial charge in [-0.05, 0) is 18.4 Å². The zero-order valence-corrected chi connectivity index (χ0v) is 8.58. The average Bonchev–Trinajstić information content (AvgIpc) is 2.03. The Morgan fingerprint density at radius 3 is 2.31 bits per heavy atom. The summed E-state index contributed by atoms with van der Waals surface area (Å²) in [5.41, 5.74) is 5.32. The fraction of sp³-hybridized carbons (Fsp3) is 0.889. The van der Waals surface area contributed by atoms with Crippen LogP contribution in [0.15, 0.2) is 0 Å². The summed E-state index contributed by atoms with van der Waals surface area (Å²) in [5, 5.41) is 11.5. The average molecular weight is 188 g/mol. The van der Waals surface area contributed by atoms with Crippen molar-refractivity contribution in [1.82, 2.24) is 5.32 Å². The highest BCUT2D eigenvalue weighted by molar-refractivity contribution is 5.73. The summed E-state index contributed by atoms with van der Waals surface area (Å²) in [6, 6.07) is -0.792. The van der Waals surface area contributed by atoms with Crippen molar-refractivity contribution in [2.45, 2.75) is 26.8 Å². The maximum absolute atomic E-state index is 10.3. The number of rotatable bonds is 6. The van der Waals surface area contributed by atoms with Crippen LogP contribution in [0.4, 0.5) is 0 Å². The summed E-state index contributed by atoms with van der Waals surface area (Å²) in [7, 11) is 0. The normalized spacial score (nSPS) is 15.8. The van der Waals surface area contributed by atoms with Gasteiger partial charge in [-0.2, -0.15) is 0 Å². The smallest absolute Gasteiger partial charge is 0.321 e. The molecule has 0 rings (SSSR count). The molecular formula is C9H20N2O2. The van der Waals surface area contributed by atoms with Crippen LogP contribution in [-0.4, -0.2) is 30.2 Å². The highest BCUT2D eigenvalue weighted by atomic mass is 16.4. The molecule has 0 aromatic heterocycles. The Hall–Kier alpha value is -0.610. The van der Waals surface area contributed by atoms with Crippen LogP contribution in [0.2, 0.25) is 0 Å². The van der Waals surface area contributed by atoms with Gasteiger partial charge >= 0.3 is 5.97 Å². The summed E-state index contributed by atoms with van der Waals surface area (Å²) in [5.74, 6) is 0.194. The van der Waals surface area contributed by atoms with E-state index in [1.165, 1.54) is 0 Å². The summed E-state index contributed by atoms with van der Waals surface area (Å²) >= 11 is 0. The number of hydrogen-bond donors (Lipinski definition) is 3. The van der Waals surface area contributed by atoms with Crippen LogP contribution in [0.25, 0.3) is 0 Å². The maximum Gasteiger partial charge on any atom is 0.321 e. The van der Waals surface area contributed by atoms with Crippen molar-refractivity contribution < 1.29 is 9.90 Å². The summed E-state index contributed by atoms with van der Waals surface area (Å²) in [6.45, 7) is 7.57. The SMILES string of the molecule is CC(C)C(C)CNCC(N)C(=O)O. The highest BCUT2D eigenvalue weighted by Crippen LogP contribution is 2.07. The molecule has 78 valence electrons. The van der Waals surface area contributed by atoms with Gasteiger partial charge in [0.1, 0.15) is 6.04 Å². The predicted octanol–water partition coefficient (Wildman–Crippen LogP) is 0.280. The van der Waals surface area contributed by atoms with Crippen LogP contribution in [-0.2, 0) is 4.79 Å². The van der Waals surface area contributed by atoms with Gasteiger partial charge in [0.05, 0.1) is 0 Å². The molecule has 0 amide bonds. The molecule has 0 saturated carbocycles. The molecule has 0 aliphatic heterocycles. The van der Waals surface area contributed by atoms with E-state index < -0.39 is 12.0 Å². The molecule has 0 radical (unpaired) electrons. The van der Waals surface area contributed by atoms with Crippen LogP contribution >= 0.6 is 0 Å².